The molecule has 1 aromatic heterocycles. The normalized spacial score (nSPS) is 16.3. The molecule has 0 saturated carbocycles. The monoisotopic (exact) mass is 416 g/mol. The van der Waals surface area contributed by atoms with Gasteiger partial charge in [-0.25, -0.2) is 0 Å². The summed E-state index contributed by atoms with van der Waals surface area (Å²) in [7, 11) is 3.21. The minimum absolute atomic E-state index is 0.0314. The molecule has 3 rings (SSSR count). The van der Waals surface area contributed by atoms with Crippen LogP contribution in [0, 0.1) is 13.8 Å². The zero-order chi connectivity index (χ0) is 21.7. The highest BCUT2D eigenvalue weighted by Crippen LogP contribution is 2.27. The Bertz CT molecular complexity index is 839. The van der Waals surface area contributed by atoms with Gasteiger partial charge >= 0.3 is 0 Å². The molecule has 1 atom stereocenters. The number of ether oxygens (including phenoxy) is 2. The standard InChI is InChI=1S/C22H32N4O4/c1-15-19(17(3)30-24-15)14-25-8-10-26(11-9-25)16(2)22(27)23-13-18-6-7-20(28-4)21(12-18)29-5/h6-7,12,16H,8-11,13-14H2,1-5H3,(H,23,27). The van der Waals surface area contributed by atoms with E-state index in [-0.39, 0.29) is 11.9 Å². The van der Waals surface area contributed by atoms with E-state index < -0.39 is 0 Å². The Morgan fingerprint density at radius 2 is 1.87 bits per heavy atom. The molecule has 0 radical (unpaired) electrons. The van der Waals surface area contributed by atoms with Crippen molar-refractivity contribution < 1.29 is 18.8 Å². The van der Waals surface area contributed by atoms with Crippen molar-refractivity contribution in [2.75, 3.05) is 40.4 Å². The fraction of sp³-hybridized carbons (Fsp3) is 0.545. The molecule has 1 aliphatic heterocycles. The molecule has 0 aliphatic carbocycles. The number of aromatic nitrogens is 1. The molecule has 2 aromatic rings. The molecule has 1 N–H and O–H groups in total. The molecule has 0 bridgehead atoms. The van der Waals surface area contributed by atoms with E-state index in [0.29, 0.717) is 18.0 Å². The first kappa shape index (κ1) is 22.1. The smallest absolute Gasteiger partial charge is 0.237 e. The number of methoxy groups -OCH3 is 2. The van der Waals surface area contributed by atoms with Crippen LogP contribution in [0.4, 0.5) is 0 Å². The first-order valence-corrected chi connectivity index (χ1v) is 10.3. The predicted octanol–water partition coefficient (Wildman–Crippen LogP) is 2.13. The Morgan fingerprint density at radius 3 is 2.47 bits per heavy atom. The number of nitrogens with one attached hydrogen (secondary N) is 1. The summed E-state index contributed by atoms with van der Waals surface area (Å²) < 4.78 is 15.8. The van der Waals surface area contributed by atoms with E-state index in [1.807, 2.05) is 39.0 Å². The maximum atomic E-state index is 12.7. The topological polar surface area (TPSA) is 80.1 Å². The van der Waals surface area contributed by atoms with Gasteiger partial charge in [-0.2, -0.15) is 0 Å². The summed E-state index contributed by atoms with van der Waals surface area (Å²) in [6, 6.07) is 5.49. The van der Waals surface area contributed by atoms with Gasteiger partial charge in [-0.1, -0.05) is 11.2 Å². The van der Waals surface area contributed by atoms with Crippen molar-refractivity contribution in [3.63, 3.8) is 0 Å². The van der Waals surface area contributed by atoms with Crippen LogP contribution in [-0.4, -0.2) is 67.3 Å². The molecule has 30 heavy (non-hydrogen) atoms. The number of rotatable bonds is 8. The quantitative estimate of drug-likeness (QED) is 0.706. The van der Waals surface area contributed by atoms with Gasteiger partial charge in [0.2, 0.25) is 5.91 Å². The van der Waals surface area contributed by atoms with Crippen LogP contribution in [0.3, 0.4) is 0 Å². The van der Waals surface area contributed by atoms with E-state index in [1.165, 1.54) is 5.56 Å². The van der Waals surface area contributed by atoms with Crippen LogP contribution in [0.25, 0.3) is 0 Å². The fourth-order valence-corrected chi connectivity index (χ4v) is 3.75. The van der Waals surface area contributed by atoms with E-state index >= 15 is 0 Å². The van der Waals surface area contributed by atoms with Crippen molar-refractivity contribution in [3.05, 3.63) is 40.8 Å². The summed E-state index contributed by atoms with van der Waals surface area (Å²) >= 11 is 0. The maximum absolute atomic E-state index is 12.7. The molecule has 1 fully saturated rings. The van der Waals surface area contributed by atoms with E-state index in [0.717, 1.165) is 49.7 Å². The van der Waals surface area contributed by atoms with Crippen molar-refractivity contribution in [3.8, 4) is 11.5 Å². The highest BCUT2D eigenvalue weighted by molar-refractivity contribution is 5.81. The lowest BCUT2D eigenvalue weighted by atomic mass is 10.1. The second-order valence-corrected chi connectivity index (χ2v) is 7.70. The molecule has 2 heterocycles. The summed E-state index contributed by atoms with van der Waals surface area (Å²) in [5, 5.41) is 7.07. The zero-order valence-electron chi connectivity index (χ0n) is 18.5. The van der Waals surface area contributed by atoms with Gasteiger partial charge in [0, 0.05) is 44.8 Å². The average Bonchev–Trinajstić information content (AvgIpc) is 3.09. The maximum Gasteiger partial charge on any atom is 0.237 e. The molecule has 1 unspecified atom stereocenters. The third kappa shape index (κ3) is 5.12. The van der Waals surface area contributed by atoms with Crippen LogP contribution in [0.5, 0.6) is 11.5 Å². The molecular weight excluding hydrogens is 384 g/mol. The molecule has 1 aromatic carbocycles. The van der Waals surface area contributed by atoms with E-state index in [1.54, 1.807) is 14.2 Å². The Hall–Kier alpha value is -2.58. The summed E-state index contributed by atoms with van der Waals surface area (Å²) in [5.41, 5.74) is 3.10. The van der Waals surface area contributed by atoms with Crippen molar-refractivity contribution in [1.82, 2.24) is 20.3 Å². The van der Waals surface area contributed by atoms with Gasteiger partial charge in [0.05, 0.1) is 26.0 Å². The number of carbonyl (C=O) groups excluding carboxylic acids is 1. The van der Waals surface area contributed by atoms with Gasteiger partial charge in [0.25, 0.3) is 0 Å². The molecule has 0 spiro atoms. The Kier molecular flexibility index (Phi) is 7.33. The predicted molar refractivity (Wildman–Crippen MR) is 114 cm³/mol. The first-order valence-electron chi connectivity index (χ1n) is 10.3. The SMILES string of the molecule is COc1ccc(CNC(=O)C(C)N2CCN(Cc3c(C)noc3C)CC2)cc1OC. The number of nitrogens with zero attached hydrogens (tertiary/aromatic N) is 3. The van der Waals surface area contributed by atoms with Crippen LogP contribution < -0.4 is 14.8 Å². The summed E-state index contributed by atoms with van der Waals surface area (Å²) in [5.74, 6) is 2.25. The number of hydrogen-bond donors (Lipinski definition) is 1. The highest BCUT2D eigenvalue weighted by atomic mass is 16.5. The highest BCUT2D eigenvalue weighted by Gasteiger charge is 2.26. The lowest BCUT2D eigenvalue weighted by Crippen LogP contribution is -2.53. The Labute approximate surface area is 178 Å². The number of piperazine rings is 1. The van der Waals surface area contributed by atoms with Crippen LogP contribution in [0.15, 0.2) is 22.7 Å². The van der Waals surface area contributed by atoms with Crippen molar-refractivity contribution in [1.29, 1.82) is 0 Å². The van der Waals surface area contributed by atoms with E-state index in [2.05, 4.69) is 20.3 Å². The third-order valence-corrected chi connectivity index (χ3v) is 5.81. The lowest BCUT2D eigenvalue weighted by Gasteiger charge is -2.37. The van der Waals surface area contributed by atoms with Gasteiger partial charge in [-0.3, -0.25) is 14.6 Å². The van der Waals surface area contributed by atoms with E-state index in [9.17, 15) is 4.79 Å². The van der Waals surface area contributed by atoms with Crippen molar-refractivity contribution >= 4 is 5.91 Å². The number of carbonyl (C=O) groups is 1. The second kappa shape index (κ2) is 9.95. The number of benzene rings is 1. The fourth-order valence-electron chi connectivity index (χ4n) is 3.75. The second-order valence-electron chi connectivity index (χ2n) is 7.70. The van der Waals surface area contributed by atoms with Crippen molar-refractivity contribution in [2.45, 2.75) is 39.9 Å². The molecule has 8 heteroatoms. The molecule has 1 aliphatic rings. The molecular formula is C22H32N4O4. The molecule has 1 amide bonds. The Morgan fingerprint density at radius 1 is 1.17 bits per heavy atom. The Balaban J connectivity index is 1.47. The minimum atomic E-state index is -0.175. The summed E-state index contributed by atoms with van der Waals surface area (Å²) in [4.78, 5) is 17.3. The molecule has 164 valence electrons. The summed E-state index contributed by atoms with van der Waals surface area (Å²) in [6.07, 6.45) is 0. The van der Waals surface area contributed by atoms with Gasteiger partial charge in [-0.05, 0) is 38.5 Å². The van der Waals surface area contributed by atoms with Crippen LogP contribution >= 0.6 is 0 Å². The minimum Gasteiger partial charge on any atom is -0.493 e. The number of hydrogen-bond acceptors (Lipinski definition) is 7. The first-order chi connectivity index (χ1) is 14.4. The van der Waals surface area contributed by atoms with Crippen LogP contribution in [0.1, 0.15) is 29.5 Å². The molecule has 8 nitrogen and oxygen atoms in total. The largest absolute Gasteiger partial charge is 0.493 e. The van der Waals surface area contributed by atoms with Crippen molar-refractivity contribution in [2.24, 2.45) is 0 Å². The molecule has 1 saturated heterocycles. The van der Waals surface area contributed by atoms with Gasteiger partial charge < -0.3 is 19.3 Å². The van der Waals surface area contributed by atoms with Gasteiger partial charge in [0.15, 0.2) is 11.5 Å². The van der Waals surface area contributed by atoms with Gasteiger partial charge in [-0.15, -0.1) is 0 Å². The van der Waals surface area contributed by atoms with Crippen LogP contribution in [-0.2, 0) is 17.9 Å². The average molecular weight is 417 g/mol. The van der Waals surface area contributed by atoms with E-state index in [4.69, 9.17) is 14.0 Å². The van der Waals surface area contributed by atoms with Crippen LogP contribution in [0.2, 0.25) is 0 Å². The number of aryl methyl sites for hydroxylation is 2. The number of amides is 1. The third-order valence-electron chi connectivity index (χ3n) is 5.81. The summed E-state index contributed by atoms with van der Waals surface area (Å²) in [6.45, 7) is 10.7. The lowest BCUT2D eigenvalue weighted by molar-refractivity contribution is -0.126. The zero-order valence-corrected chi connectivity index (χ0v) is 18.5. The van der Waals surface area contributed by atoms with Gasteiger partial charge in [0.1, 0.15) is 5.76 Å².